The van der Waals surface area contributed by atoms with E-state index in [1.54, 1.807) is 6.92 Å². The number of aromatic amines is 1. The molecule has 0 aromatic carbocycles. The molecule has 0 bridgehead atoms. The first-order chi connectivity index (χ1) is 7.40. The van der Waals surface area contributed by atoms with Crippen LogP contribution in [0.4, 0.5) is 0 Å². The summed E-state index contributed by atoms with van der Waals surface area (Å²) in [6, 6.07) is 0. The van der Waals surface area contributed by atoms with Crippen LogP contribution in [-0.2, 0) is 4.74 Å². The Morgan fingerprint density at radius 1 is 1.38 bits per heavy atom. The molecular formula is C11H15NO4. The lowest BCUT2D eigenvalue weighted by atomic mass is 9.97. The van der Waals surface area contributed by atoms with E-state index in [4.69, 9.17) is 5.11 Å². The highest BCUT2D eigenvalue weighted by atomic mass is 16.5. The Balaban J connectivity index is 3.47. The van der Waals surface area contributed by atoms with E-state index in [2.05, 4.69) is 9.72 Å². The van der Waals surface area contributed by atoms with Gasteiger partial charge >= 0.3 is 11.9 Å². The zero-order valence-electron chi connectivity index (χ0n) is 9.75. The van der Waals surface area contributed by atoms with Crippen LogP contribution < -0.4 is 0 Å². The van der Waals surface area contributed by atoms with Crippen LogP contribution in [0.15, 0.2) is 0 Å². The number of methoxy groups -OCH3 is 1. The van der Waals surface area contributed by atoms with Crippen LogP contribution in [0, 0.1) is 6.92 Å². The van der Waals surface area contributed by atoms with Crippen molar-refractivity contribution >= 4 is 11.9 Å². The lowest BCUT2D eigenvalue weighted by molar-refractivity contribution is 0.0598. The molecule has 0 aliphatic carbocycles. The number of carboxylic acid groups (broad SMARTS) is 1. The van der Waals surface area contributed by atoms with Gasteiger partial charge in [-0.3, -0.25) is 0 Å². The molecule has 0 aliphatic heterocycles. The van der Waals surface area contributed by atoms with Crippen molar-refractivity contribution in [3.05, 3.63) is 22.5 Å². The Labute approximate surface area is 93.4 Å². The number of hydrogen-bond donors (Lipinski definition) is 2. The quantitative estimate of drug-likeness (QED) is 0.770. The first-order valence-corrected chi connectivity index (χ1v) is 4.94. The standard InChI is InChI=1S/C11H15NO4/c1-5(2)7-8(11(15)16-4)6(3)12-9(7)10(13)14/h5,12H,1-4H3,(H,13,14). The minimum atomic E-state index is -1.07. The molecule has 88 valence electrons. The van der Waals surface area contributed by atoms with E-state index in [0.717, 1.165) is 0 Å². The first kappa shape index (κ1) is 12.3. The van der Waals surface area contributed by atoms with Crippen LogP contribution in [0.1, 0.15) is 51.9 Å². The minimum absolute atomic E-state index is 0.0629. The van der Waals surface area contributed by atoms with Gasteiger partial charge in [0.1, 0.15) is 5.69 Å². The number of carboxylic acids is 1. The van der Waals surface area contributed by atoms with Crippen LogP contribution in [0.25, 0.3) is 0 Å². The lowest BCUT2D eigenvalue weighted by Crippen LogP contribution is -2.08. The van der Waals surface area contributed by atoms with Crippen LogP contribution in [0.3, 0.4) is 0 Å². The minimum Gasteiger partial charge on any atom is -0.477 e. The summed E-state index contributed by atoms with van der Waals surface area (Å²) >= 11 is 0. The summed E-state index contributed by atoms with van der Waals surface area (Å²) in [4.78, 5) is 25.3. The van der Waals surface area contributed by atoms with E-state index in [1.165, 1.54) is 7.11 Å². The van der Waals surface area contributed by atoms with Gasteiger partial charge in [-0.1, -0.05) is 13.8 Å². The fourth-order valence-corrected chi connectivity index (χ4v) is 1.76. The average molecular weight is 225 g/mol. The van der Waals surface area contributed by atoms with Crippen molar-refractivity contribution in [3.63, 3.8) is 0 Å². The molecule has 0 saturated heterocycles. The summed E-state index contributed by atoms with van der Waals surface area (Å²) in [6.07, 6.45) is 0. The Morgan fingerprint density at radius 2 is 1.94 bits per heavy atom. The third-order valence-electron chi connectivity index (χ3n) is 2.41. The van der Waals surface area contributed by atoms with Gasteiger partial charge in [0.25, 0.3) is 0 Å². The summed E-state index contributed by atoms with van der Waals surface area (Å²) in [6.45, 7) is 5.33. The van der Waals surface area contributed by atoms with E-state index in [-0.39, 0.29) is 11.6 Å². The van der Waals surface area contributed by atoms with E-state index < -0.39 is 11.9 Å². The zero-order chi connectivity index (χ0) is 12.5. The van der Waals surface area contributed by atoms with Gasteiger partial charge in [0.2, 0.25) is 0 Å². The third kappa shape index (κ3) is 1.93. The average Bonchev–Trinajstić information content (AvgIpc) is 2.55. The van der Waals surface area contributed by atoms with Crippen LogP contribution in [-0.4, -0.2) is 29.1 Å². The Morgan fingerprint density at radius 3 is 2.31 bits per heavy atom. The molecular weight excluding hydrogens is 210 g/mol. The summed E-state index contributed by atoms with van der Waals surface area (Å²) in [5, 5.41) is 9.02. The summed E-state index contributed by atoms with van der Waals surface area (Å²) in [7, 11) is 1.28. The highest BCUT2D eigenvalue weighted by Gasteiger charge is 2.26. The Hall–Kier alpha value is -1.78. The molecule has 0 aliphatic rings. The molecule has 5 heteroatoms. The van der Waals surface area contributed by atoms with Crippen molar-refractivity contribution in [1.29, 1.82) is 0 Å². The number of esters is 1. The highest BCUT2D eigenvalue weighted by molar-refractivity contribution is 5.98. The fourth-order valence-electron chi connectivity index (χ4n) is 1.76. The smallest absolute Gasteiger partial charge is 0.352 e. The molecule has 0 radical (unpaired) electrons. The topological polar surface area (TPSA) is 79.4 Å². The number of hydrogen-bond acceptors (Lipinski definition) is 3. The van der Waals surface area contributed by atoms with Crippen molar-refractivity contribution in [2.45, 2.75) is 26.7 Å². The van der Waals surface area contributed by atoms with Crippen molar-refractivity contribution in [2.24, 2.45) is 0 Å². The molecule has 1 rings (SSSR count). The van der Waals surface area contributed by atoms with Gasteiger partial charge in [-0.05, 0) is 12.8 Å². The molecule has 16 heavy (non-hydrogen) atoms. The van der Waals surface area contributed by atoms with Gasteiger partial charge < -0.3 is 14.8 Å². The number of carbonyl (C=O) groups is 2. The van der Waals surface area contributed by atoms with E-state index in [9.17, 15) is 9.59 Å². The number of aryl methyl sites for hydroxylation is 1. The fraction of sp³-hybridized carbons (Fsp3) is 0.455. The van der Waals surface area contributed by atoms with Crippen molar-refractivity contribution in [3.8, 4) is 0 Å². The Kier molecular flexibility index (Phi) is 3.37. The molecule has 0 spiro atoms. The largest absolute Gasteiger partial charge is 0.477 e. The van der Waals surface area contributed by atoms with Crippen LogP contribution in [0.5, 0.6) is 0 Å². The molecule has 0 fully saturated rings. The van der Waals surface area contributed by atoms with Crippen molar-refractivity contribution < 1.29 is 19.4 Å². The number of H-pyrrole nitrogens is 1. The highest BCUT2D eigenvalue weighted by Crippen LogP contribution is 2.27. The van der Waals surface area contributed by atoms with E-state index >= 15 is 0 Å². The molecule has 2 N–H and O–H groups in total. The van der Waals surface area contributed by atoms with Gasteiger partial charge in [-0.25, -0.2) is 9.59 Å². The maximum absolute atomic E-state index is 11.6. The monoisotopic (exact) mass is 225 g/mol. The summed E-state index contributed by atoms with van der Waals surface area (Å²) in [5.41, 5.74) is 1.41. The normalized spacial score (nSPS) is 10.6. The lowest BCUT2D eigenvalue weighted by Gasteiger charge is -2.07. The second-order valence-corrected chi connectivity index (χ2v) is 3.87. The van der Waals surface area contributed by atoms with Crippen molar-refractivity contribution in [2.75, 3.05) is 7.11 Å². The molecule has 0 unspecified atom stereocenters. The zero-order valence-corrected chi connectivity index (χ0v) is 9.75. The van der Waals surface area contributed by atoms with Gasteiger partial charge in [-0.15, -0.1) is 0 Å². The molecule has 5 nitrogen and oxygen atoms in total. The number of rotatable bonds is 3. The first-order valence-electron chi connectivity index (χ1n) is 4.94. The van der Waals surface area contributed by atoms with Crippen molar-refractivity contribution in [1.82, 2.24) is 4.98 Å². The molecule has 1 aromatic rings. The van der Waals surface area contributed by atoms with Gasteiger partial charge in [0.15, 0.2) is 0 Å². The summed E-state index contributed by atoms with van der Waals surface area (Å²) < 4.78 is 4.65. The number of nitrogens with one attached hydrogen (secondary N) is 1. The SMILES string of the molecule is COC(=O)c1c(C)[nH]c(C(=O)O)c1C(C)C. The van der Waals surface area contributed by atoms with Gasteiger partial charge in [-0.2, -0.15) is 0 Å². The second kappa shape index (κ2) is 4.38. The Bertz CT molecular complexity index is 431. The second-order valence-electron chi connectivity index (χ2n) is 3.87. The van der Waals surface area contributed by atoms with E-state index in [0.29, 0.717) is 16.8 Å². The van der Waals surface area contributed by atoms with Crippen LogP contribution in [0.2, 0.25) is 0 Å². The maximum Gasteiger partial charge on any atom is 0.352 e. The predicted octanol–water partition coefficient (Wildman–Crippen LogP) is 1.93. The number of aromatic nitrogens is 1. The molecule has 1 aromatic heterocycles. The maximum atomic E-state index is 11.6. The van der Waals surface area contributed by atoms with Gasteiger partial charge in [0, 0.05) is 11.3 Å². The summed E-state index contributed by atoms with van der Waals surface area (Å²) in [5.74, 6) is -1.64. The van der Waals surface area contributed by atoms with Crippen LogP contribution >= 0.6 is 0 Å². The number of aromatic carboxylic acids is 1. The predicted molar refractivity (Wildman–Crippen MR) is 57.9 cm³/mol. The molecule has 1 heterocycles. The molecule has 0 saturated carbocycles. The third-order valence-corrected chi connectivity index (χ3v) is 2.41. The van der Waals surface area contributed by atoms with E-state index in [1.807, 2.05) is 13.8 Å². The number of ether oxygens (including phenoxy) is 1. The van der Waals surface area contributed by atoms with Gasteiger partial charge in [0.05, 0.1) is 12.7 Å². The number of carbonyl (C=O) groups excluding carboxylic acids is 1. The molecule has 0 atom stereocenters. The molecule has 0 amide bonds.